The second kappa shape index (κ2) is 5.98. The molecule has 0 aliphatic heterocycles. The summed E-state index contributed by atoms with van der Waals surface area (Å²) < 4.78 is 0. The predicted molar refractivity (Wildman–Crippen MR) is 71.2 cm³/mol. The van der Waals surface area contributed by atoms with Crippen molar-refractivity contribution in [3.8, 4) is 0 Å². The number of nitrogens with zero attached hydrogens (tertiary/aromatic N) is 2. The third-order valence-corrected chi connectivity index (χ3v) is 2.89. The average Bonchev–Trinajstić information content (AvgIpc) is 2.24. The molecule has 0 fully saturated rings. The lowest BCUT2D eigenvalue weighted by atomic mass is 10.1. The number of aromatic nitrogens is 1. The summed E-state index contributed by atoms with van der Waals surface area (Å²) in [6.45, 7) is 9.40. The van der Waals surface area contributed by atoms with Crippen LogP contribution in [-0.4, -0.2) is 29.3 Å². The minimum absolute atomic E-state index is 0.122. The van der Waals surface area contributed by atoms with Gasteiger partial charge >= 0.3 is 0 Å². The molecule has 4 nitrogen and oxygen atoms in total. The molecule has 17 heavy (non-hydrogen) atoms. The van der Waals surface area contributed by atoms with Gasteiger partial charge < -0.3 is 15.7 Å². The summed E-state index contributed by atoms with van der Waals surface area (Å²) in [7, 11) is 0. The average molecular weight is 237 g/mol. The molecule has 0 radical (unpaired) electrons. The molecule has 3 N–H and O–H groups in total. The number of aliphatic hydroxyl groups excluding tert-OH is 1. The first-order valence-corrected chi connectivity index (χ1v) is 6.06. The Bertz CT molecular complexity index is 377. The zero-order valence-electron chi connectivity index (χ0n) is 11.2. The number of rotatable bonds is 5. The second-order valence-electron chi connectivity index (χ2n) is 4.60. The molecule has 1 aromatic rings. The first-order chi connectivity index (χ1) is 8.01. The highest BCUT2D eigenvalue weighted by Crippen LogP contribution is 2.23. The van der Waals surface area contributed by atoms with Gasteiger partial charge in [-0.2, -0.15) is 0 Å². The molecular formula is C13H23N3O. The minimum atomic E-state index is 0.122. The Balaban J connectivity index is 3.25. The van der Waals surface area contributed by atoms with Gasteiger partial charge in [0, 0.05) is 30.4 Å². The number of hydrogen-bond donors (Lipinski definition) is 2. The molecule has 0 aliphatic carbocycles. The Hall–Kier alpha value is -1.13. The van der Waals surface area contributed by atoms with Crippen LogP contribution in [-0.2, 0) is 6.54 Å². The molecule has 4 heteroatoms. The van der Waals surface area contributed by atoms with Crippen molar-refractivity contribution in [2.24, 2.45) is 5.73 Å². The molecular weight excluding hydrogens is 214 g/mol. The zero-order valence-corrected chi connectivity index (χ0v) is 11.2. The Morgan fingerprint density at radius 2 is 2.06 bits per heavy atom. The largest absolute Gasteiger partial charge is 0.395 e. The molecule has 0 bridgehead atoms. The van der Waals surface area contributed by atoms with E-state index in [1.807, 2.05) is 13.0 Å². The van der Waals surface area contributed by atoms with Crippen molar-refractivity contribution in [2.75, 3.05) is 18.1 Å². The SMILES string of the molecule is Cc1cc(C)c(CN)c(N(CCO)C(C)C)n1. The summed E-state index contributed by atoms with van der Waals surface area (Å²) in [5.41, 5.74) is 9.02. The van der Waals surface area contributed by atoms with E-state index in [1.54, 1.807) is 0 Å². The van der Waals surface area contributed by atoms with E-state index in [1.165, 1.54) is 5.56 Å². The van der Waals surface area contributed by atoms with Gasteiger partial charge in [0.25, 0.3) is 0 Å². The van der Waals surface area contributed by atoms with Gasteiger partial charge in [-0.3, -0.25) is 0 Å². The van der Waals surface area contributed by atoms with Crippen LogP contribution in [0.5, 0.6) is 0 Å². The summed E-state index contributed by atoms with van der Waals surface area (Å²) in [5.74, 6) is 0.911. The molecule has 1 rings (SSSR count). The number of aryl methyl sites for hydroxylation is 2. The predicted octanol–water partition coefficient (Wildman–Crippen LogP) is 1.36. The lowest BCUT2D eigenvalue weighted by Crippen LogP contribution is -2.35. The van der Waals surface area contributed by atoms with E-state index < -0.39 is 0 Å². The molecule has 0 unspecified atom stereocenters. The van der Waals surface area contributed by atoms with Gasteiger partial charge in [-0.05, 0) is 39.3 Å². The van der Waals surface area contributed by atoms with E-state index in [9.17, 15) is 0 Å². The smallest absolute Gasteiger partial charge is 0.133 e. The minimum Gasteiger partial charge on any atom is -0.395 e. The summed E-state index contributed by atoms with van der Waals surface area (Å²) in [5, 5.41) is 9.15. The maximum absolute atomic E-state index is 9.15. The van der Waals surface area contributed by atoms with Crippen LogP contribution in [0.25, 0.3) is 0 Å². The van der Waals surface area contributed by atoms with E-state index in [2.05, 4.69) is 30.7 Å². The molecule has 96 valence electrons. The summed E-state index contributed by atoms with van der Waals surface area (Å²) in [6.07, 6.45) is 0. The molecule has 1 heterocycles. The third-order valence-electron chi connectivity index (χ3n) is 2.89. The number of hydrogen-bond acceptors (Lipinski definition) is 4. The van der Waals surface area contributed by atoms with E-state index in [4.69, 9.17) is 10.8 Å². The molecule has 0 atom stereocenters. The monoisotopic (exact) mass is 237 g/mol. The Labute approximate surface area is 103 Å². The topological polar surface area (TPSA) is 62.4 Å². The standard InChI is InChI=1S/C13H23N3O/c1-9(2)16(5-6-17)13-12(8-14)10(3)7-11(4)15-13/h7,9,17H,5-6,8,14H2,1-4H3. The quantitative estimate of drug-likeness (QED) is 0.812. The van der Waals surface area contributed by atoms with Gasteiger partial charge in [-0.15, -0.1) is 0 Å². The summed E-state index contributed by atoms with van der Waals surface area (Å²) in [6, 6.07) is 2.34. The Kier molecular flexibility index (Phi) is 4.90. The van der Waals surface area contributed by atoms with Crippen LogP contribution in [0.3, 0.4) is 0 Å². The zero-order chi connectivity index (χ0) is 13.0. The van der Waals surface area contributed by atoms with Crippen LogP contribution in [0.2, 0.25) is 0 Å². The van der Waals surface area contributed by atoms with Gasteiger partial charge in [-0.25, -0.2) is 4.98 Å². The molecule has 1 aromatic heterocycles. The first kappa shape index (κ1) is 13.9. The van der Waals surface area contributed by atoms with Crippen molar-refractivity contribution in [1.82, 2.24) is 4.98 Å². The molecule has 0 amide bonds. The van der Waals surface area contributed by atoms with Crippen molar-refractivity contribution in [2.45, 2.75) is 40.3 Å². The number of pyridine rings is 1. The summed E-state index contributed by atoms with van der Waals surface area (Å²) >= 11 is 0. The fourth-order valence-electron chi connectivity index (χ4n) is 2.05. The summed E-state index contributed by atoms with van der Waals surface area (Å²) in [4.78, 5) is 6.68. The lowest BCUT2D eigenvalue weighted by molar-refractivity contribution is 0.298. The van der Waals surface area contributed by atoms with Crippen LogP contribution in [0.4, 0.5) is 5.82 Å². The van der Waals surface area contributed by atoms with E-state index >= 15 is 0 Å². The number of anilines is 1. The second-order valence-corrected chi connectivity index (χ2v) is 4.60. The molecule has 0 saturated carbocycles. The van der Waals surface area contributed by atoms with Crippen molar-refractivity contribution >= 4 is 5.82 Å². The number of aliphatic hydroxyl groups is 1. The van der Waals surface area contributed by atoms with Gasteiger partial charge in [0.2, 0.25) is 0 Å². The van der Waals surface area contributed by atoms with Crippen LogP contribution >= 0.6 is 0 Å². The molecule has 0 aliphatic rings. The van der Waals surface area contributed by atoms with Gasteiger partial charge in [0.15, 0.2) is 0 Å². The fraction of sp³-hybridized carbons (Fsp3) is 0.615. The third kappa shape index (κ3) is 3.17. The normalized spacial score (nSPS) is 11.0. The van der Waals surface area contributed by atoms with Gasteiger partial charge in [-0.1, -0.05) is 0 Å². The van der Waals surface area contributed by atoms with E-state index in [-0.39, 0.29) is 6.61 Å². The van der Waals surface area contributed by atoms with Gasteiger partial charge in [0.05, 0.1) is 6.61 Å². The van der Waals surface area contributed by atoms with Crippen molar-refractivity contribution in [3.63, 3.8) is 0 Å². The first-order valence-electron chi connectivity index (χ1n) is 6.06. The van der Waals surface area contributed by atoms with E-state index in [0.717, 1.165) is 17.1 Å². The van der Waals surface area contributed by atoms with Crippen molar-refractivity contribution < 1.29 is 5.11 Å². The lowest BCUT2D eigenvalue weighted by Gasteiger charge is -2.29. The van der Waals surface area contributed by atoms with Crippen LogP contribution in [0.15, 0.2) is 6.07 Å². The van der Waals surface area contributed by atoms with Crippen LogP contribution in [0.1, 0.15) is 30.7 Å². The van der Waals surface area contributed by atoms with Crippen LogP contribution < -0.4 is 10.6 Å². The maximum atomic E-state index is 9.15. The Morgan fingerprint density at radius 1 is 1.41 bits per heavy atom. The van der Waals surface area contributed by atoms with Crippen molar-refractivity contribution in [3.05, 3.63) is 22.9 Å². The molecule has 0 spiro atoms. The fourth-order valence-corrected chi connectivity index (χ4v) is 2.05. The van der Waals surface area contributed by atoms with Crippen LogP contribution in [0, 0.1) is 13.8 Å². The van der Waals surface area contributed by atoms with Gasteiger partial charge in [0.1, 0.15) is 5.82 Å². The molecule has 0 aromatic carbocycles. The highest BCUT2D eigenvalue weighted by atomic mass is 16.3. The number of nitrogens with two attached hydrogens (primary N) is 1. The molecule has 0 saturated heterocycles. The van der Waals surface area contributed by atoms with E-state index in [0.29, 0.717) is 19.1 Å². The highest BCUT2D eigenvalue weighted by Gasteiger charge is 2.17. The Morgan fingerprint density at radius 3 is 2.53 bits per heavy atom. The maximum Gasteiger partial charge on any atom is 0.133 e. The van der Waals surface area contributed by atoms with Crippen molar-refractivity contribution in [1.29, 1.82) is 0 Å². The highest BCUT2D eigenvalue weighted by molar-refractivity contribution is 5.52.